The lowest BCUT2D eigenvalue weighted by molar-refractivity contribution is -0.0979. The Balaban J connectivity index is 0.000000921. The molecule has 0 heterocycles. The first-order chi connectivity index (χ1) is 6.89. The van der Waals surface area contributed by atoms with Gasteiger partial charge in [-0.3, -0.25) is 0 Å². The van der Waals surface area contributed by atoms with Gasteiger partial charge in [-0.2, -0.15) is 0 Å². The van der Waals surface area contributed by atoms with Crippen molar-refractivity contribution in [2.75, 3.05) is 0 Å². The summed E-state index contributed by atoms with van der Waals surface area (Å²) in [6, 6.07) is 0. The van der Waals surface area contributed by atoms with Crippen molar-refractivity contribution in [1.29, 1.82) is 0 Å². The fraction of sp³-hybridized carbons (Fsp3) is 0.917. The fourth-order valence-electron chi connectivity index (χ4n) is 2.24. The molecule has 2 nitrogen and oxygen atoms in total. The Morgan fingerprint density at radius 1 is 1.20 bits per heavy atom. The van der Waals surface area contributed by atoms with Crippen LogP contribution < -0.4 is 0 Å². The minimum atomic E-state index is -0.805. The first-order valence-electron chi connectivity index (χ1n) is 5.84. The quantitative estimate of drug-likeness (QED) is 0.682. The second kappa shape index (κ2) is 6.43. The molecule has 1 aliphatic rings. The molecular weight excluding hydrogens is 204 g/mol. The van der Waals surface area contributed by atoms with E-state index in [2.05, 4.69) is 33.9 Å². The predicted octanol–water partition coefficient (Wildman–Crippen LogP) is 3.02. The van der Waals surface area contributed by atoms with Crippen LogP contribution in [0.4, 0.5) is 0 Å². The third-order valence-electron chi connectivity index (χ3n) is 3.07. The van der Waals surface area contributed by atoms with E-state index in [1.807, 2.05) is 6.79 Å². The van der Waals surface area contributed by atoms with Gasteiger partial charge in [0, 0.05) is 6.10 Å². The maximum atomic E-state index is 8.00. The maximum Gasteiger partial charge on any atom is 0.171 e. The highest BCUT2D eigenvalue weighted by atomic mass is 28.3. The first kappa shape index (κ1) is 14.8. The SMILES string of the molecule is C=O.C[SiH](C)OC1CCC(C(C)(C)C)C1. The summed E-state index contributed by atoms with van der Waals surface area (Å²) in [5.41, 5.74) is 0.483. The number of rotatable bonds is 2. The van der Waals surface area contributed by atoms with Gasteiger partial charge >= 0.3 is 0 Å². The van der Waals surface area contributed by atoms with Crippen LogP contribution in [0.2, 0.25) is 13.1 Å². The molecule has 0 N–H and O–H groups in total. The second-order valence-electron chi connectivity index (χ2n) is 5.68. The third-order valence-corrected chi connectivity index (χ3v) is 4.00. The molecule has 0 bridgehead atoms. The Morgan fingerprint density at radius 3 is 2.07 bits per heavy atom. The molecule has 0 aliphatic heterocycles. The molecule has 1 aliphatic carbocycles. The third kappa shape index (κ3) is 5.47. The normalized spacial score (nSPS) is 26.3. The van der Waals surface area contributed by atoms with E-state index >= 15 is 0 Å². The lowest BCUT2D eigenvalue weighted by atomic mass is 9.80. The van der Waals surface area contributed by atoms with Gasteiger partial charge in [0.2, 0.25) is 0 Å². The lowest BCUT2D eigenvalue weighted by Crippen LogP contribution is -2.21. The summed E-state index contributed by atoms with van der Waals surface area (Å²) in [5, 5.41) is 0. The summed E-state index contributed by atoms with van der Waals surface area (Å²) in [4.78, 5) is 8.00. The Hall–Kier alpha value is -0.153. The van der Waals surface area contributed by atoms with Crippen LogP contribution in [0.25, 0.3) is 0 Å². The van der Waals surface area contributed by atoms with Gasteiger partial charge in [-0.05, 0) is 43.7 Å². The van der Waals surface area contributed by atoms with Crippen LogP contribution in [0.1, 0.15) is 40.0 Å². The molecule has 1 rings (SSSR count). The molecular formula is C12H26O2Si. The fourth-order valence-corrected chi connectivity index (χ4v) is 3.25. The Kier molecular flexibility index (Phi) is 6.37. The zero-order valence-electron chi connectivity index (χ0n) is 10.9. The minimum Gasteiger partial charge on any atom is -0.418 e. The highest BCUT2D eigenvalue weighted by molar-refractivity contribution is 6.48. The van der Waals surface area contributed by atoms with Gasteiger partial charge in [-0.1, -0.05) is 20.8 Å². The summed E-state index contributed by atoms with van der Waals surface area (Å²) in [7, 11) is -0.805. The highest BCUT2D eigenvalue weighted by Crippen LogP contribution is 2.40. The molecule has 1 saturated carbocycles. The van der Waals surface area contributed by atoms with Gasteiger partial charge in [0.15, 0.2) is 9.04 Å². The smallest absolute Gasteiger partial charge is 0.171 e. The molecule has 0 aromatic heterocycles. The molecule has 0 aromatic carbocycles. The summed E-state index contributed by atoms with van der Waals surface area (Å²) >= 11 is 0. The monoisotopic (exact) mass is 230 g/mol. The zero-order chi connectivity index (χ0) is 12.1. The zero-order valence-corrected chi connectivity index (χ0v) is 12.0. The average molecular weight is 230 g/mol. The van der Waals surface area contributed by atoms with E-state index in [0.717, 1.165) is 5.92 Å². The Morgan fingerprint density at radius 2 is 1.73 bits per heavy atom. The van der Waals surface area contributed by atoms with E-state index in [0.29, 0.717) is 11.5 Å². The number of carbonyl (C=O) groups excluding carboxylic acids is 1. The lowest BCUT2D eigenvalue weighted by Gasteiger charge is -2.27. The van der Waals surface area contributed by atoms with E-state index < -0.39 is 9.04 Å². The molecule has 0 radical (unpaired) electrons. The minimum absolute atomic E-state index is 0.483. The van der Waals surface area contributed by atoms with Crippen LogP contribution in [0.5, 0.6) is 0 Å². The summed E-state index contributed by atoms with van der Waals surface area (Å²) in [6.45, 7) is 13.6. The van der Waals surface area contributed by atoms with E-state index in [4.69, 9.17) is 9.22 Å². The molecule has 2 atom stereocenters. The Labute approximate surface area is 96.1 Å². The van der Waals surface area contributed by atoms with Crippen molar-refractivity contribution in [2.24, 2.45) is 11.3 Å². The summed E-state index contributed by atoms with van der Waals surface area (Å²) in [5.74, 6) is 0.880. The second-order valence-corrected chi connectivity index (χ2v) is 8.05. The van der Waals surface area contributed by atoms with Crippen LogP contribution in [0.15, 0.2) is 0 Å². The van der Waals surface area contributed by atoms with Crippen molar-refractivity contribution >= 4 is 15.8 Å². The molecule has 0 saturated heterocycles. The van der Waals surface area contributed by atoms with E-state index in [1.165, 1.54) is 19.3 Å². The van der Waals surface area contributed by atoms with Gasteiger partial charge in [0.1, 0.15) is 6.79 Å². The topological polar surface area (TPSA) is 26.3 Å². The van der Waals surface area contributed by atoms with Gasteiger partial charge in [0.05, 0.1) is 0 Å². The summed E-state index contributed by atoms with van der Waals surface area (Å²) in [6.07, 6.45) is 4.56. The van der Waals surface area contributed by atoms with Crippen LogP contribution in [-0.4, -0.2) is 21.9 Å². The number of hydrogen-bond acceptors (Lipinski definition) is 2. The molecule has 0 amide bonds. The predicted molar refractivity (Wildman–Crippen MR) is 67.7 cm³/mol. The maximum absolute atomic E-state index is 8.00. The van der Waals surface area contributed by atoms with E-state index in [-0.39, 0.29) is 0 Å². The van der Waals surface area contributed by atoms with Crippen molar-refractivity contribution in [2.45, 2.75) is 59.2 Å². The van der Waals surface area contributed by atoms with Gasteiger partial charge in [-0.25, -0.2) is 0 Å². The van der Waals surface area contributed by atoms with E-state index in [1.54, 1.807) is 0 Å². The molecule has 1 fully saturated rings. The van der Waals surface area contributed by atoms with Crippen molar-refractivity contribution in [3.05, 3.63) is 0 Å². The van der Waals surface area contributed by atoms with Gasteiger partial charge < -0.3 is 9.22 Å². The first-order valence-corrected chi connectivity index (χ1v) is 8.62. The summed E-state index contributed by atoms with van der Waals surface area (Å²) < 4.78 is 5.98. The van der Waals surface area contributed by atoms with Crippen LogP contribution in [0, 0.1) is 11.3 Å². The standard InChI is InChI=1S/C11H24OSi.CH2O/c1-11(2,3)9-6-7-10(8-9)12-13(4)5;1-2/h9-10,13H,6-8H2,1-5H3;1H2. The van der Waals surface area contributed by atoms with E-state index in [9.17, 15) is 0 Å². The Bertz CT molecular complexity index is 175. The highest BCUT2D eigenvalue weighted by Gasteiger charge is 2.33. The van der Waals surface area contributed by atoms with Crippen molar-refractivity contribution in [3.63, 3.8) is 0 Å². The van der Waals surface area contributed by atoms with Gasteiger partial charge in [0.25, 0.3) is 0 Å². The number of carbonyl (C=O) groups is 1. The van der Waals surface area contributed by atoms with Crippen LogP contribution >= 0.6 is 0 Å². The largest absolute Gasteiger partial charge is 0.418 e. The van der Waals surface area contributed by atoms with Crippen LogP contribution in [0.3, 0.4) is 0 Å². The molecule has 0 spiro atoms. The molecule has 3 heteroatoms. The van der Waals surface area contributed by atoms with Crippen molar-refractivity contribution in [3.8, 4) is 0 Å². The molecule has 2 unspecified atom stereocenters. The molecule has 0 aromatic rings. The average Bonchev–Trinajstić information content (AvgIpc) is 2.54. The number of hydrogen-bond donors (Lipinski definition) is 0. The van der Waals surface area contributed by atoms with Crippen molar-refractivity contribution < 1.29 is 9.22 Å². The molecule has 15 heavy (non-hydrogen) atoms. The molecule has 90 valence electrons. The van der Waals surface area contributed by atoms with Crippen LogP contribution in [-0.2, 0) is 9.22 Å². The van der Waals surface area contributed by atoms with Crippen molar-refractivity contribution in [1.82, 2.24) is 0 Å². The van der Waals surface area contributed by atoms with Gasteiger partial charge in [-0.15, -0.1) is 0 Å².